The molecular weight excluding hydrogens is 306 g/mol. The zero-order chi connectivity index (χ0) is 15.9. The van der Waals surface area contributed by atoms with Gasteiger partial charge < -0.3 is 15.2 Å². The fourth-order valence-electron chi connectivity index (χ4n) is 1.72. The first-order valence-corrected chi connectivity index (χ1v) is 6.90. The zero-order valence-corrected chi connectivity index (χ0v) is 12.3. The molecule has 0 unspecified atom stereocenters. The first kappa shape index (κ1) is 15.9. The highest BCUT2D eigenvalue weighted by Crippen LogP contribution is 2.22. The molecule has 0 aliphatic carbocycles. The van der Waals surface area contributed by atoms with Crippen LogP contribution in [-0.2, 0) is 11.3 Å². The van der Waals surface area contributed by atoms with Gasteiger partial charge in [-0.2, -0.15) is 0 Å². The molecule has 0 aliphatic rings. The summed E-state index contributed by atoms with van der Waals surface area (Å²) in [6, 6.07) is 13.2. The predicted molar refractivity (Wildman–Crippen MR) is 82.2 cm³/mol. The second-order valence-corrected chi connectivity index (χ2v) is 4.91. The van der Waals surface area contributed by atoms with Gasteiger partial charge >= 0.3 is 5.97 Å². The van der Waals surface area contributed by atoms with E-state index in [-0.39, 0.29) is 18.1 Å². The summed E-state index contributed by atoms with van der Waals surface area (Å²) in [5.74, 6) is -0.823. The summed E-state index contributed by atoms with van der Waals surface area (Å²) in [5, 5.41) is 11.9. The van der Waals surface area contributed by atoms with Crippen molar-refractivity contribution in [3.63, 3.8) is 0 Å². The molecule has 0 aliphatic heterocycles. The fraction of sp³-hybridized carbons (Fsp3) is 0.125. The van der Waals surface area contributed by atoms with E-state index in [0.717, 1.165) is 5.56 Å². The Kier molecular flexibility index (Phi) is 5.38. The Balaban J connectivity index is 1.80. The van der Waals surface area contributed by atoms with E-state index in [9.17, 15) is 9.59 Å². The summed E-state index contributed by atoms with van der Waals surface area (Å²) in [6.45, 7) is 0.154. The number of nitrogens with one attached hydrogen (secondary N) is 1. The van der Waals surface area contributed by atoms with Gasteiger partial charge in [0, 0.05) is 6.54 Å². The van der Waals surface area contributed by atoms with Gasteiger partial charge in [0.15, 0.2) is 6.61 Å². The second kappa shape index (κ2) is 7.47. The Labute approximate surface area is 132 Å². The molecule has 2 aromatic carbocycles. The van der Waals surface area contributed by atoms with Crippen molar-refractivity contribution in [1.82, 2.24) is 5.32 Å². The number of ether oxygens (including phenoxy) is 1. The lowest BCUT2D eigenvalue weighted by atomic mass is 10.1. The first-order chi connectivity index (χ1) is 10.6. The maximum absolute atomic E-state index is 11.7. The minimum atomic E-state index is -0.983. The normalized spacial score (nSPS) is 10.0. The quantitative estimate of drug-likeness (QED) is 0.858. The highest BCUT2D eigenvalue weighted by molar-refractivity contribution is 6.32. The SMILES string of the molecule is O=C(COc1ccccc1Cl)NCc1ccc(C(=O)O)cc1. The second-order valence-electron chi connectivity index (χ2n) is 4.50. The molecule has 0 spiro atoms. The van der Waals surface area contributed by atoms with E-state index < -0.39 is 5.97 Å². The number of aromatic carboxylic acids is 1. The van der Waals surface area contributed by atoms with Crippen LogP contribution in [0.4, 0.5) is 0 Å². The topological polar surface area (TPSA) is 75.6 Å². The lowest BCUT2D eigenvalue weighted by Crippen LogP contribution is -2.28. The lowest BCUT2D eigenvalue weighted by molar-refractivity contribution is -0.123. The number of hydrogen-bond donors (Lipinski definition) is 2. The van der Waals surface area contributed by atoms with E-state index >= 15 is 0 Å². The van der Waals surface area contributed by atoms with Gasteiger partial charge in [0.05, 0.1) is 10.6 Å². The smallest absolute Gasteiger partial charge is 0.335 e. The molecule has 2 aromatic rings. The Hall–Kier alpha value is -2.53. The average molecular weight is 320 g/mol. The van der Waals surface area contributed by atoms with Crippen molar-refractivity contribution < 1.29 is 19.4 Å². The number of para-hydroxylation sites is 1. The summed E-state index contributed by atoms with van der Waals surface area (Å²) in [5.41, 5.74) is 1.01. The molecule has 0 heterocycles. The molecule has 0 atom stereocenters. The van der Waals surface area contributed by atoms with Crippen LogP contribution in [0.25, 0.3) is 0 Å². The maximum Gasteiger partial charge on any atom is 0.335 e. The largest absolute Gasteiger partial charge is 0.482 e. The minimum absolute atomic E-state index is 0.142. The van der Waals surface area contributed by atoms with Crippen LogP contribution in [-0.4, -0.2) is 23.6 Å². The van der Waals surface area contributed by atoms with Gasteiger partial charge in [-0.15, -0.1) is 0 Å². The van der Waals surface area contributed by atoms with Crippen LogP contribution >= 0.6 is 11.6 Å². The Morgan fingerprint density at radius 2 is 1.77 bits per heavy atom. The minimum Gasteiger partial charge on any atom is -0.482 e. The van der Waals surface area contributed by atoms with Gasteiger partial charge in [-0.3, -0.25) is 4.79 Å². The summed E-state index contributed by atoms with van der Waals surface area (Å²) in [6.07, 6.45) is 0. The standard InChI is InChI=1S/C16H14ClNO4/c17-13-3-1-2-4-14(13)22-10-15(19)18-9-11-5-7-12(8-6-11)16(20)21/h1-8H,9-10H2,(H,18,19)(H,20,21). The van der Waals surface area contributed by atoms with Crippen LogP contribution in [0.3, 0.4) is 0 Å². The van der Waals surface area contributed by atoms with Gasteiger partial charge in [-0.05, 0) is 29.8 Å². The zero-order valence-electron chi connectivity index (χ0n) is 11.6. The number of amides is 1. The summed E-state index contributed by atoms with van der Waals surface area (Å²) in [7, 11) is 0. The van der Waals surface area contributed by atoms with Gasteiger partial charge in [-0.1, -0.05) is 35.9 Å². The van der Waals surface area contributed by atoms with Gasteiger partial charge in [0.25, 0.3) is 5.91 Å². The van der Waals surface area contributed by atoms with E-state index in [1.165, 1.54) is 12.1 Å². The number of carboxylic acid groups (broad SMARTS) is 1. The van der Waals surface area contributed by atoms with E-state index in [1.54, 1.807) is 36.4 Å². The maximum atomic E-state index is 11.7. The van der Waals surface area contributed by atoms with Crippen molar-refractivity contribution in [3.8, 4) is 5.75 Å². The van der Waals surface area contributed by atoms with Gasteiger partial charge in [0.2, 0.25) is 0 Å². The molecule has 5 nitrogen and oxygen atoms in total. The molecule has 1 amide bonds. The van der Waals surface area contributed by atoms with Crippen molar-refractivity contribution in [2.45, 2.75) is 6.54 Å². The van der Waals surface area contributed by atoms with E-state index in [4.69, 9.17) is 21.4 Å². The molecule has 0 fully saturated rings. The molecule has 114 valence electrons. The average Bonchev–Trinajstić information content (AvgIpc) is 2.52. The van der Waals surface area contributed by atoms with Crippen molar-refractivity contribution in [3.05, 3.63) is 64.7 Å². The Bertz CT molecular complexity index is 670. The number of carbonyl (C=O) groups is 2. The van der Waals surface area contributed by atoms with Crippen LogP contribution in [0.2, 0.25) is 5.02 Å². The predicted octanol–water partition coefficient (Wildman–Crippen LogP) is 2.73. The van der Waals surface area contributed by atoms with Crippen LogP contribution < -0.4 is 10.1 Å². The van der Waals surface area contributed by atoms with Crippen molar-refractivity contribution in [2.75, 3.05) is 6.61 Å². The summed E-state index contributed by atoms with van der Waals surface area (Å²) >= 11 is 5.92. The van der Waals surface area contributed by atoms with E-state index in [2.05, 4.69) is 5.32 Å². The summed E-state index contributed by atoms with van der Waals surface area (Å²) < 4.78 is 5.32. The highest BCUT2D eigenvalue weighted by atomic mass is 35.5. The molecule has 0 saturated carbocycles. The van der Waals surface area contributed by atoms with Crippen molar-refractivity contribution >= 4 is 23.5 Å². The fourth-order valence-corrected chi connectivity index (χ4v) is 1.91. The molecule has 0 radical (unpaired) electrons. The molecule has 0 saturated heterocycles. The first-order valence-electron chi connectivity index (χ1n) is 6.52. The number of hydrogen-bond acceptors (Lipinski definition) is 3. The number of benzene rings is 2. The third kappa shape index (κ3) is 4.49. The van der Waals surface area contributed by atoms with Crippen molar-refractivity contribution in [1.29, 1.82) is 0 Å². The monoisotopic (exact) mass is 319 g/mol. The summed E-state index contributed by atoms with van der Waals surface area (Å²) in [4.78, 5) is 22.4. The molecule has 6 heteroatoms. The third-order valence-electron chi connectivity index (χ3n) is 2.89. The molecule has 2 rings (SSSR count). The van der Waals surface area contributed by atoms with Gasteiger partial charge in [-0.25, -0.2) is 4.79 Å². The number of rotatable bonds is 6. The highest BCUT2D eigenvalue weighted by Gasteiger charge is 2.06. The Morgan fingerprint density at radius 3 is 2.41 bits per heavy atom. The van der Waals surface area contributed by atoms with Gasteiger partial charge in [0.1, 0.15) is 5.75 Å². The lowest BCUT2D eigenvalue weighted by Gasteiger charge is -2.08. The number of carboxylic acids is 1. The molecule has 2 N–H and O–H groups in total. The number of halogens is 1. The van der Waals surface area contributed by atoms with E-state index in [0.29, 0.717) is 17.3 Å². The van der Waals surface area contributed by atoms with E-state index in [1.807, 2.05) is 0 Å². The Morgan fingerprint density at radius 1 is 1.09 bits per heavy atom. The van der Waals surface area contributed by atoms with Crippen LogP contribution in [0.1, 0.15) is 15.9 Å². The van der Waals surface area contributed by atoms with Crippen LogP contribution in [0.15, 0.2) is 48.5 Å². The van der Waals surface area contributed by atoms with Crippen LogP contribution in [0, 0.1) is 0 Å². The molecule has 0 aromatic heterocycles. The molecule has 0 bridgehead atoms. The van der Waals surface area contributed by atoms with Crippen LogP contribution in [0.5, 0.6) is 5.75 Å². The number of carbonyl (C=O) groups excluding carboxylic acids is 1. The van der Waals surface area contributed by atoms with Crippen molar-refractivity contribution in [2.24, 2.45) is 0 Å². The molecule has 22 heavy (non-hydrogen) atoms. The molecular formula is C16H14ClNO4. The third-order valence-corrected chi connectivity index (χ3v) is 3.20.